The van der Waals surface area contributed by atoms with E-state index in [1.54, 1.807) is 4.90 Å². The van der Waals surface area contributed by atoms with E-state index in [1.165, 1.54) is 5.56 Å². The molecule has 0 aliphatic rings. The highest BCUT2D eigenvalue weighted by Crippen LogP contribution is 2.22. The van der Waals surface area contributed by atoms with Crippen molar-refractivity contribution in [2.75, 3.05) is 27.2 Å². The van der Waals surface area contributed by atoms with E-state index in [9.17, 15) is 4.79 Å². The Morgan fingerprint density at radius 3 is 2.22 bits per heavy atom. The number of hydrogen-bond donors (Lipinski definition) is 1. The maximum atomic E-state index is 12.1. The molecule has 0 atom stereocenters. The zero-order chi connectivity index (χ0) is 13.8. The third-order valence-corrected chi connectivity index (χ3v) is 3.04. The first-order valence-electron chi connectivity index (χ1n) is 6.37. The topological polar surface area (TPSA) is 32.3 Å². The van der Waals surface area contributed by atoms with E-state index in [4.69, 9.17) is 0 Å². The van der Waals surface area contributed by atoms with Gasteiger partial charge in [0.05, 0.1) is 0 Å². The van der Waals surface area contributed by atoms with Crippen LogP contribution in [0.15, 0.2) is 24.3 Å². The minimum atomic E-state index is 0.0747. The van der Waals surface area contributed by atoms with Gasteiger partial charge in [0.2, 0.25) is 0 Å². The molecule has 1 aromatic rings. The van der Waals surface area contributed by atoms with Crippen molar-refractivity contribution >= 4 is 5.91 Å². The summed E-state index contributed by atoms with van der Waals surface area (Å²) in [6, 6.07) is 7.91. The van der Waals surface area contributed by atoms with Crippen molar-refractivity contribution in [3.05, 3.63) is 35.4 Å². The smallest absolute Gasteiger partial charge is 0.253 e. The Morgan fingerprint density at radius 1 is 1.22 bits per heavy atom. The van der Waals surface area contributed by atoms with Crippen LogP contribution in [0.2, 0.25) is 0 Å². The van der Waals surface area contributed by atoms with Gasteiger partial charge in [0.1, 0.15) is 0 Å². The van der Waals surface area contributed by atoms with Crippen molar-refractivity contribution in [3.63, 3.8) is 0 Å². The maximum absolute atomic E-state index is 12.1. The summed E-state index contributed by atoms with van der Waals surface area (Å²) < 4.78 is 0. The minimum Gasteiger partial charge on any atom is -0.340 e. The molecule has 0 unspecified atom stereocenters. The first-order chi connectivity index (χ1) is 8.36. The Morgan fingerprint density at radius 2 is 1.78 bits per heavy atom. The molecule has 0 spiro atoms. The summed E-state index contributed by atoms with van der Waals surface area (Å²) in [5, 5.41) is 3.04. The van der Waals surface area contributed by atoms with Crippen molar-refractivity contribution in [1.82, 2.24) is 10.2 Å². The molecular weight excluding hydrogens is 224 g/mol. The molecule has 0 bridgehead atoms. The zero-order valence-corrected chi connectivity index (χ0v) is 12.1. The van der Waals surface area contributed by atoms with Gasteiger partial charge in [-0.15, -0.1) is 0 Å². The second-order valence-electron chi connectivity index (χ2n) is 5.66. The van der Waals surface area contributed by atoms with Gasteiger partial charge in [-0.3, -0.25) is 4.79 Å². The lowest BCUT2D eigenvalue weighted by atomic mass is 9.86. The standard InChI is InChI=1S/C15H24N2O/c1-15(2,3)13-8-6-12(7-9-13)14(18)17(5)11-10-16-4/h6-9,16H,10-11H2,1-5H3. The van der Waals surface area contributed by atoms with Gasteiger partial charge >= 0.3 is 0 Å². The molecule has 18 heavy (non-hydrogen) atoms. The molecule has 100 valence electrons. The van der Waals surface area contributed by atoms with Crippen molar-refractivity contribution in [2.24, 2.45) is 0 Å². The number of hydrogen-bond acceptors (Lipinski definition) is 2. The lowest BCUT2D eigenvalue weighted by Gasteiger charge is -2.20. The number of carbonyl (C=O) groups excluding carboxylic acids is 1. The van der Waals surface area contributed by atoms with Gasteiger partial charge in [-0.05, 0) is 30.2 Å². The van der Waals surface area contributed by atoms with Crippen LogP contribution in [0.3, 0.4) is 0 Å². The van der Waals surface area contributed by atoms with E-state index >= 15 is 0 Å². The fourth-order valence-corrected chi connectivity index (χ4v) is 1.71. The lowest BCUT2D eigenvalue weighted by Crippen LogP contribution is -2.32. The SMILES string of the molecule is CNCCN(C)C(=O)c1ccc(C(C)(C)C)cc1. The summed E-state index contributed by atoms with van der Waals surface area (Å²) in [5.41, 5.74) is 2.12. The van der Waals surface area contributed by atoms with Crippen LogP contribution in [-0.2, 0) is 5.41 Å². The maximum Gasteiger partial charge on any atom is 0.253 e. The normalized spacial score (nSPS) is 11.4. The van der Waals surface area contributed by atoms with Crippen LogP contribution in [-0.4, -0.2) is 38.0 Å². The van der Waals surface area contributed by atoms with Crippen molar-refractivity contribution in [1.29, 1.82) is 0 Å². The average molecular weight is 248 g/mol. The molecule has 3 nitrogen and oxygen atoms in total. The number of carbonyl (C=O) groups is 1. The van der Waals surface area contributed by atoms with E-state index in [0.717, 1.165) is 18.7 Å². The van der Waals surface area contributed by atoms with Crippen LogP contribution in [0, 0.1) is 0 Å². The van der Waals surface area contributed by atoms with Crippen LogP contribution in [0.1, 0.15) is 36.7 Å². The Hall–Kier alpha value is -1.35. The largest absolute Gasteiger partial charge is 0.340 e. The highest BCUT2D eigenvalue weighted by Gasteiger charge is 2.15. The number of likely N-dealkylation sites (N-methyl/N-ethyl adjacent to an activating group) is 2. The summed E-state index contributed by atoms with van der Waals surface area (Å²) in [5.74, 6) is 0.0747. The second-order valence-corrected chi connectivity index (χ2v) is 5.66. The van der Waals surface area contributed by atoms with Crippen molar-refractivity contribution < 1.29 is 4.79 Å². The number of nitrogens with one attached hydrogen (secondary N) is 1. The molecule has 0 aromatic heterocycles. The number of rotatable bonds is 4. The monoisotopic (exact) mass is 248 g/mol. The van der Waals surface area contributed by atoms with Gasteiger partial charge in [-0.1, -0.05) is 32.9 Å². The molecule has 0 aliphatic heterocycles. The Balaban J connectivity index is 2.76. The number of nitrogens with zero attached hydrogens (tertiary/aromatic N) is 1. The molecule has 0 saturated carbocycles. The predicted octanol–water partition coefficient (Wildman–Crippen LogP) is 2.28. The summed E-state index contributed by atoms with van der Waals surface area (Å²) in [7, 11) is 3.72. The highest BCUT2D eigenvalue weighted by atomic mass is 16.2. The van der Waals surface area contributed by atoms with Crippen molar-refractivity contribution in [2.45, 2.75) is 26.2 Å². The Labute approximate surface area is 110 Å². The Kier molecular flexibility index (Phi) is 4.91. The van der Waals surface area contributed by atoms with E-state index in [0.29, 0.717) is 0 Å². The molecule has 1 rings (SSSR count). The zero-order valence-electron chi connectivity index (χ0n) is 12.1. The van der Waals surface area contributed by atoms with Crippen LogP contribution in [0.25, 0.3) is 0 Å². The van der Waals surface area contributed by atoms with Gasteiger partial charge < -0.3 is 10.2 Å². The molecule has 3 heteroatoms. The van der Waals surface area contributed by atoms with Gasteiger partial charge in [0.15, 0.2) is 0 Å². The van der Waals surface area contributed by atoms with Crippen LogP contribution < -0.4 is 5.32 Å². The summed E-state index contributed by atoms with van der Waals surface area (Å²) in [6.07, 6.45) is 0. The molecule has 1 amide bonds. The van der Waals surface area contributed by atoms with Gasteiger partial charge in [0, 0.05) is 25.7 Å². The van der Waals surface area contributed by atoms with Crippen LogP contribution in [0.5, 0.6) is 0 Å². The van der Waals surface area contributed by atoms with Crippen molar-refractivity contribution in [3.8, 4) is 0 Å². The quantitative estimate of drug-likeness (QED) is 0.886. The molecule has 1 aromatic carbocycles. The molecule has 0 heterocycles. The molecule has 1 N–H and O–H groups in total. The van der Waals surface area contributed by atoms with E-state index in [1.807, 2.05) is 38.4 Å². The molecule has 0 saturated heterocycles. The lowest BCUT2D eigenvalue weighted by molar-refractivity contribution is 0.0797. The first-order valence-corrected chi connectivity index (χ1v) is 6.37. The van der Waals surface area contributed by atoms with E-state index in [2.05, 4.69) is 26.1 Å². The molecule has 0 fully saturated rings. The fraction of sp³-hybridized carbons (Fsp3) is 0.533. The third-order valence-electron chi connectivity index (χ3n) is 3.04. The van der Waals surface area contributed by atoms with Gasteiger partial charge in [0.25, 0.3) is 5.91 Å². The first kappa shape index (κ1) is 14.7. The summed E-state index contributed by atoms with van der Waals surface area (Å²) in [6.45, 7) is 8.04. The minimum absolute atomic E-state index is 0.0747. The van der Waals surface area contributed by atoms with Gasteiger partial charge in [-0.25, -0.2) is 0 Å². The third kappa shape index (κ3) is 3.84. The van der Waals surface area contributed by atoms with Crippen LogP contribution in [0.4, 0.5) is 0 Å². The van der Waals surface area contributed by atoms with Crippen LogP contribution >= 0.6 is 0 Å². The second kappa shape index (κ2) is 6.01. The molecule has 0 radical (unpaired) electrons. The number of benzene rings is 1. The Bertz CT molecular complexity index is 390. The highest BCUT2D eigenvalue weighted by molar-refractivity contribution is 5.94. The summed E-state index contributed by atoms with van der Waals surface area (Å²) >= 11 is 0. The summed E-state index contributed by atoms with van der Waals surface area (Å²) in [4.78, 5) is 13.8. The van der Waals surface area contributed by atoms with E-state index in [-0.39, 0.29) is 11.3 Å². The van der Waals surface area contributed by atoms with Gasteiger partial charge in [-0.2, -0.15) is 0 Å². The molecular formula is C15H24N2O. The average Bonchev–Trinajstić information content (AvgIpc) is 2.34. The number of amides is 1. The molecule has 0 aliphatic carbocycles. The predicted molar refractivity (Wildman–Crippen MR) is 76.0 cm³/mol. The fourth-order valence-electron chi connectivity index (χ4n) is 1.71. The van der Waals surface area contributed by atoms with E-state index < -0.39 is 0 Å².